The minimum atomic E-state index is -0.603. The van der Waals surface area contributed by atoms with Crippen LogP contribution in [0.15, 0.2) is 65.1 Å². The highest BCUT2D eigenvalue weighted by Crippen LogP contribution is 2.32. The predicted molar refractivity (Wildman–Crippen MR) is 123 cm³/mol. The molecule has 0 aliphatic carbocycles. The van der Waals surface area contributed by atoms with E-state index in [9.17, 15) is 14.4 Å². The van der Waals surface area contributed by atoms with Gasteiger partial charge in [-0.3, -0.25) is 14.4 Å². The normalized spacial score (nSPS) is 15.9. The molecule has 1 fully saturated rings. The number of rotatable bonds is 5. The van der Waals surface area contributed by atoms with E-state index >= 15 is 0 Å². The van der Waals surface area contributed by atoms with Gasteiger partial charge in [0, 0.05) is 28.5 Å². The number of hydrogen-bond acceptors (Lipinski definition) is 4. The zero-order chi connectivity index (χ0) is 22.0. The average molecular weight is 481 g/mol. The highest BCUT2D eigenvalue weighted by Gasteiger charge is 2.36. The van der Waals surface area contributed by atoms with Crippen LogP contribution in [0.2, 0.25) is 0 Å². The number of carbonyl (C=O) groups is 3. The molecule has 0 radical (unpaired) electrons. The minimum Gasteiger partial charge on any atom is -0.455 e. The first-order valence-corrected chi connectivity index (χ1v) is 10.7. The van der Waals surface area contributed by atoms with Crippen molar-refractivity contribution >= 4 is 55.9 Å². The van der Waals surface area contributed by atoms with Crippen LogP contribution in [-0.4, -0.2) is 30.9 Å². The van der Waals surface area contributed by atoms with Crippen LogP contribution in [0.3, 0.4) is 0 Å². The number of hydrogen-bond donors (Lipinski definition) is 1. The second-order valence-electron chi connectivity index (χ2n) is 7.52. The van der Waals surface area contributed by atoms with Gasteiger partial charge < -0.3 is 15.0 Å². The lowest BCUT2D eigenvalue weighted by Crippen LogP contribution is -2.28. The van der Waals surface area contributed by atoms with Gasteiger partial charge in [-0.25, -0.2) is 0 Å². The summed E-state index contributed by atoms with van der Waals surface area (Å²) in [4.78, 5) is 38.9. The Balaban J connectivity index is 1.37. The van der Waals surface area contributed by atoms with Gasteiger partial charge in [0.25, 0.3) is 5.91 Å². The van der Waals surface area contributed by atoms with Crippen LogP contribution in [0.1, 0.15) is 12.0 Å². The first-order chi connectivity index (χ1) is 14.9. The Morgan fingerprint density at radius 2 is 1.90 bits per heavy atom. The highest BCUT2D eigenvalue weighted by atomic mass is 79.9. The monoisotopic (exact) mass is 480 g/mol. The molecule has 2 amide bonds. The van der Waals surface area contributed by atoms with Gasteiger partial charge in [0.1, 0.15) is 0 Å². The molecule has 31 heavy (non-hydrogen) atoms. The number of ether oxygens (including phenoxy) is 1. The fourth-order valence-corrected chi connectivity index (χ4v) is 4.23. The van der Waals surface area contributed by atoms with E-state index in [1.165, 1.54) is 0 Å². The van der Waals surface area contributed by atoms with E-state index in [2.05, 4.69) is 21.2 Å². The fourth-order valence-electron chi connectivity index (χ4n) is 3.75. The van der Waals surface area contributed by atoms with E-state index in [0.717, 1.165) is 26.5 Å². The maximum Gasteiger partial charge on any atom is 0.311 e. The Labute approximate surface area is 188 Å². The van der Waals surface area contributed by atoms with Crippen molar-refractivity contribution in [3.05, 3.63) is 70.7 Å². The Morgan fingerprint density at radius 3 is 2.71 bits per heavy atom. The molecule has 4 rings (SSSR count). The van der Waals surface area contributed by atoms with Gasteiger partial charge >= 0.3 is 5.97 Å². The van der Waals surface area contributed by atoms with Crippen molar-refractivity contribution in [3.8, 4) is 0 Å². The van der Waals surface area contributed by atoms with Crippen LogP contribution < -0.4 is 10.2 Å². The second-order valence-corrected chi connectivity index (χ2v) is 8.43. The maximum atomic E-state index is 12.6. The highest BCUT2D eigenvalue weighted by molar-refractivity contribution is 9.10. The summed E-state index contributed by atoms with van der Waals surface area (Å²) in [6, 6.07) is 19.0. The van der Waals surface area contributed by atoms with Gasteiger partial charge in [0.2, 0.25) is 5.91 Å². The second kappa shape index (κ2) is 8.89. The molecule has 1 N–H and O–H groups in total. The summed E-state index contributed by atoms with van der Waals surface area (Å²) in [5.74, 6) is -1.70. The van der Waals surface area contributed by atoms with Crippen molar-refractivity contribution in [2.24, 2.45) is 5.92 Å². The fraction of sp³-hybridized carbons (Fsp3) is 0.208. The number of nitrogens with one attached hydrogen (secondary N) is 1. The third-order valence-corrected chi connectivity index (χ3v) is 5.82. The summed E-state index contributed by atoms with van der Waals surface area (Å²) >= 11 is 3.38. The van der Waals surface area contributed by atoms with Crippen molar-refractivity contribution in [2.75, 3.05) is 23.4 Å². The van der Waals surface area contributed by atoms with Crippen molar-refractivity contribution in [2.45, 2.75) is 13.3 Å². The molecular formula is C24H21BrN2O4. The number of aryl methyl sites for hydroxylation is 1. The summed E-state index contributed by atoms with van der Waals surface area (Å²) < 4.78 is 6.12. The van der Waals surface area contributed by atoms with E-state index in [4.69, 9.17) is 4.74 Å². The quantitative estimate of drug-likeness (QED) is 0.547. The zero-order valence-electron chi connectivity index (χ0n) is 16.9. The molecule has 1 aliphatic heterocycles. The molecule has 3 aromatic rings. The Kier molecular flexibility index (Phi) is 6.04. The van der Waals surface area contributed by atoms with E-state index in [-0.39, 0.29) is 18.9 Å². The van der Waals surface area contributed by atoms with Crippen LogP contribution in [0.25, 0.3) is 10.8 Å². The first kappa shape index (κ1) is 21.1. The van der Waals surface area contributed by atoms with Gasteiger partial charge in [-0.1, -0.05) is 52.3 Å². The largest absolute Gasteiger partial charge is 0.455 e. The number of nitrogens with zero attached hydrogens (tertiary/aromatic N) is 1. The first-order valence-electron chi connectivity index (χ1n) is 9.93. The van der Waals surface area contributed by atoms with Crippen LogP contribution in [0, 0.1) is 12.8 Å². The smallest absolute Gasteiger partial charge is 0.311 e. The van der Waals surface area contributed by atoms with E-state index in [1.54, 1.807) is 11.0 Å². The molecule has 158 valence electrons. The lowest BCUT2D eigenvalue weighted by atomic mass is 10.1. The SMILES string of the molecule is Cc1cc(Br)ccc1NC(=O)COC(=O)[C@@H]1CC(=O)N(c2cccc3ccccc23)C1. The molecule has 1 heterocycles. The van der Waals surface area contributed by atoms with Crippen LogP contribution in [-0.2, 0) is 19.1 Å². The van der Waals surface area contributed by atoms with E-state index in [1.807, 2.05) is 61.5 Å². The molecule has 1 atom stereocenters. The number of anilines is 2. The molecule has 1 saturated heterocycles. The Hall–Kier alpha value is -3.19. The molecule has 0 spiro atoms. The van der Waals surface area contributed by atoms with E-state index in [0.29, 0.717) is 5.69 Å². The van der Waals surface area contributed by atoms with Crippen molar-refractivity contribution < 1.29 is 19.1 Å². The molecule has 0 bridgehead atoms. The zero-order valence-corrected chi connectivity index (χ0v) is 18.5. The molecular weight excluding hydrogens is 460 g/mol. The molecule has 6 nitrogen and oxygen atoms in total. The topological polar surface area (TPSA) is 75.7 Å². The summed E-state index contributed by atoms with van der Waals surface area (Å²) in [6.07, 6.45) is 0.0650. The number of amides is 2. The molecule has 7 heteroatoms. The lowest BCUT2D eigenvalue weighted by molar-refractivity contribution is -0.151. The number of benzene rings is 3. The van der Waals surface area contributed by atoms with Crippen molar-refractivity contribution in [1.29, 1.82) is 0 Å². The van der Waals surface area contributed by atoms with Gasteiger partial charge in [0.05, 0.1) is 11.6 Å². The number of carbonyl (C=O) groups excluding carboxylic acids is 3. The Morgan fingerprint density at radius 1 is 1.13 bits per heavy atom. The summed E-state index contributed by atoms with van der Waals surface area (Å²) in [5, 5.41) is 4.71. The lowest BCUT2D eigenvalue weighted by Gasteiger charge is -2.18. The summed E-state index contributed by atoms with van der Waals surface area (Å²) in [7, 11) is 0. The number of esters is 1. The molecule has 0 saturated carbocycles. The van der Waals surface area contributed by atoms with Crippen LogP contribution >= 0.6 is 15.9 Å². The van der Waals surface area contributed by atoms with Gasteiger partial charge in [-0.05, 0) is 42.1 Å². The summed E-state index contributed by atoms with van der Waals surface area (Å²) in [6.45, 7) is 1.71. The Bertz CT molecular complexity index is 1170. The maximum absolute atomic E-state index is 12.6. The molecule has 3 aromatic carbocycles. The summed E-state index contributed by atoms with van der Waals surface area (Å²) in [5.41, 5.74) is 2.32. The molecule has 0 aromatic heterocycles. The molecule has 1 aliphatic rings. The number of halogens is 1. The van der Waals surface area contributed by atoms with Crippen molar-refractivity contribution in [1.82, 2.24) is 0 Å². The van der Waals surface area contributed by atoms with Crippen LogP contribution in [0.4, 0.5) is 11.4 Å². The average Bonchev–Trinajstić information content (AvgIpc) is 3.15. The van der Waals surface area contributed by atoms with E-state index < -0.39 is 24.4 Å². The third kappa shape index (κ3) is 4.61. The standard InChI is InChI=1S/C24H21BrN2O4/c1-15-11-18(25)9-10-20(15)26-22(28)14-31-24(30)17-12-23(29)27(13-17)21-8-4-6-16-5-2-3-7-19(16)21/h2-11,17H,12-14H2,1H3,(H,26,28)/t17-/m1/s1. The van der Waals surface area contributed by atoms with Gasteiger partial charge in [0.15, 0.2) is 6.61 Å². The van der Waals surface area contributed by atoms with Crippen LogP contribution in [0.5, 0.6) is 0 Å². The van der Waals surface area contributed by atoms with Gasteiger partial charge in [-0.15, -0.1) is 0 Å². The molecule has 0 unspecified atom stereocenters. The third-order valence-electron chi connectivity index (χ3n) is 5.32. The van der Waals surface area contributed by atoms with Crippen molar-refractivity contribution in [3.63, 3.8) is 0 Å². The number of fused-ring (bicyclic) bond motifs is 1. The minimum absolute atomic E-state index is 0.0650. The predicted octanol–water partition coefficient (Wildman–Crippen LogP) is 4.45. The van der Waals surface area contributed by atoms with Gasteiger partial charge in [-0.2, -0.15) is 0 Å².